The molecule has 0 aliphatic heterocycles. The summed E-state index contributed by atoms with van der Waals surface area (Å²) in [5.74, 6) is 0.969. The zero-order valence-electron chi connectivity index (χ0n) is 13.2. The van der Waals surface area contributed by atoms with Crippen LogP contribution in [-0.4, -0.2) is 25.8 Å². The highest BCUT2D eigenvalue weighted by atomic mass is 127. The summed E-state index contributed by atoms with van der Waals surface area (Å²) in [7, 11) is 1.57. The van der Waals surface area contributed by atoms with Crippen molar-refractivity contribution in [1.29, 1.82) is 0 Å². The number of ether oxygens (including phenoxy) is 2. The van der Waals surface area contributed by atoms with Gasteiger partial charge in [-0.1, -0.05) is 0 Å². The number of halogens is 2. The molecular weight excluding hydrogens is 487 g/mol. The van der Waals surface area contributed by atoms with Crippen LogP contribution in [0.15, 0.2) is 46.0 Å². The van der Waals surface area contributed by atoms with E-state index < -0.39 is 0 Å². The number of hydrogen-bond acceptors (Lipinski definition) is 4. The quantitative estimate of drug-likeness (QED) is 0.365. The number of nitrogens with one attached hydrogen (secondary N) is 1. The molecule has 0 aliphatic rings. The number of carbonyl (C=O) groups excluding carboxylic acids is 1. The monoisotopic (exact) mass is 502 g/mol. The zero-order valence-corrected chi connectivity index (χ0v) is 16.9. The maximum Gasteiger partial charge on any atom is 0.271 e. The predicted molar refractivity (Wildman–Crippen MR) is 106 cm³/mol. The standard InChI is InChI=1S/C17H16BrIN2O3/c1-3-24-16-14(18)8-11(9-15(16)23-2)10-20-21-17(22)12-4-6-13(19)7-5-12/h4-10H,3H2,1-2H3,(H,21,22)/b20-10-. The molecule has 0 aliphatic carbocycles. The van der Waals surface area contributed by atoms with Crippen molar-refractivity contribution in [2.75, 3.05) is 13.7 Å². The van der Waals surface area contributed by atoms with E-state index in [1.807, 2.05) is 25.1 Å². The van der Waals surface area contributed by atoms with Gasteiger partial charge in [-0.05, 0) is 87.4 Å². The summed E-state index contributed by atoms with van der Waals surface area (Å²) in [6.07, 6.45) is 1.55. The van der Waals surface area contributed by atoms with Gasteiger partial charge in [-0.15, -0.1) is 0 Å². The van der Waals surface area contributed by atoms with E-state index in [2.05, 4.69) is 49.0 Å². The summed E-state index contributed by atoms with van der Waals surface area (Å²) in [4.78, 5) is 12.0. The van der Waals surface area contributed by atoms with Gasteiger partial charge in [0.25, 0.3) is 5.91 Å². The predicted octanol–water partition coefficient (Wildman–Crippen LogP) is 4.22. The highest BCUT2D eigenvalue weighted by Gasteiger charge is 2.10. The molecule has 0 spiro atoms. The lowest BCUT2D eigenvalue weighted by Gasteiger charge is -2.11. The van der Waals surface area contributed by atoms with Crippen molar-refractivity contribution in [3.8, 4) is 11.5 Å². The maximum atomic E-state index is 12.0. The summed E-state index contributed by atoms with van der Waals surface area (Å²) in [5, 5.41) is 3.99. The van der Waals surface area contributed by atoms with E-state index in [1.54, 1.807) is 31.5 Å². The first kappa shape index (κ1) is 18.7. The van der Waals surface area contributed by atoms with E-state index in [9.17, 15) is 4.79 Å². The first-order valence-corrected chi connectivity index (χ1v) is 9.01. The van der Waals surface area contributed by atoms with Crippen LogP contribution in [0.3, 0.4) is 0 Å². The second kappa shape index (κ2) is 9.03. The van der Waals surface area contributed by atoms with Crippen LogP contribution in [-0.2, 0) is 0 Å². The fraction of sp³-hybridized carbons (Fsp3) is 0.176. The summed E-state index contributed by atoms with van der Waals surface area (Å²) in [5.41, 5.74) is 3.83. The van der Waals surface area contributed by atoms with Crippen LogP contribution in [0.1, 0.15) is 22.8 Å². The van der Waals surface area contributed by atoms with Crippen LogP contribution >= 0.6 is 38.5 Å². The Morgan fingerprint density at radius 3 is 2.67 bits per heavy atom. The van der Waals surface area contributed by atoms with Crippen molar-refractivity contribution in [1.82, 2.24) is 5.43 Å². The Labute approximate surface area is 162 Å². The van der Waals surface area contributed by atoms with Gasteiger partial charge in [-0.3, -0.25) is 4.79 Å². The number of hydrazone groups is 1. The molecule has 0 atom stereocenters. The van der Waals surface area contributed by atoms with Crippen molar-refractivity contribution in [3.05, 3.63) is 55.6 Å². The molecule has 2 rings (SSSR count). The molecule has 0 fully saturated rings. The second-order valence-electron chi connectivity index (χ2n) is 4.67. The highest BCUT2D eigenvalue weighted by molar-refractivity contribution is 14.1. The summed E-state index contributed by atoms with van der Waals surface area (Å²) >= 11 is 5.64. The van der Waals surface area contributed by atoms with Crippen LogP contribution in [0.25, 0.3) is 0 Å². The average Bonchev–Trinajstić information content (AvgIpc) is 2.57. The minimum absolute atomic E-state index is 0.264. The molecule has 0 saturated heterocycles. The Balaban J connectivity index is 2.10. The van der Waals surface area contributed by atoms with Gasteiger partial charge < -0.3 is 9.47 Å². The molecule has 1 amide bonds. The van der Waals surface area contributed by atoms with Gasteiger partial charge in [0.15, 0.2) is 11.5 Å². The molecule has 0 radical (unpaired) electrons. The molecular formula is C17H16BrIN2O3. The van der Waals surface area contributed by atoms with E-state index >= 15 is 0 Å². The Morgan fingerprint density at radius 1 is 1.33 bits per heavy atom. The molecule has 0 heterocycles. The number of benzene rings is 2. The van der Waals surface area contributed by atoms with Gasteiger partial charge >= 0.3 is 0 Å². The molecule has 0 unspecified atom stereocenters. The van der Waals surface area contributed by atoms with Crippen molar-refractivity contribution >= 4 is 50.6 Å². The highest BCUT2D eigenvalue weighted by Crippen LogP contribution is 2.36. The zero-order chi connectivity index (χ0) is 17.5. The van der Waals surface area contributed by atoms with Crippen LogP contribution < -0.4 is 14.9 Å². The lowest BCUT2D eigenvalue weighted by molar-refractivity contribution is 0.0955. The van der Waals surface area contributed by atoms with Crippen LogP contribution in [0.4, 0.5) is 0 Å². The van der Waals surface area contributed by atoms with Gasteiger partial charge in [0.1, 0.15) is 0 Å². The van der Waals surface area contributed by atoms with E-state index in [1.165, 1.54) is 0 Å². The lowest BCUT2D eigenvalue weighted by Crippen LogP contribution is -2.17. The number of carbonyl (C=O) groups is 1. The Kier molecular flexibility index (Phi) is 7.04. The summed E-state index contributed by atoms with van der Waals surface area (Å²) in [6, 6.07) is 10.9. The summed E-state index contributed by atoms with van der Waals surface area (Å²) in [6.45, 7) is 2.44. The number of nitrogens with zero attached hydrogens (tertiary/aromatic N) is 1. The molecule has 7 heteroatoms. The fourth-order valence-corrected chi connectivity index (χ4v) is 2.86. The normalized spacial score (nSPS) is 10.7. The molecule has 1 N–H and O–H groups in total. The van der Waals surface area contributed by atoms with Gasteiger partial charge in [-0.25, -0.2) is 5.43 Å². The number of methoxy groups -OCH3 is 1. The van der Waals surface area contributed by atoms with Crippen molar-refractivity contribution < 1.29 is 14.3 Å². The summed E-state index contributed by atoms with van der Waals surface area (Å²) < 4.78 is 12.7. The van der Waals surface area contributed by atoms with Gasteiger partial charge in [-0.2, -0.15) is 5.10 Å². The lowest BCUT2D eigenvalue weighted by atomic mass is 10.2. The average molecular weight is 503 g/mol. The Bertz CT molecular complexity index is 748. The molecule has 0 bridgehead atoms. The van der Waals surface area contributed by atoms with Crippen molar-refractivity contribution in [2.45, 2.75) is 6.92 Å². The fourth-order valence-electron chi connectivity index (χ4n) is 1.93. The first-order valence-electron chi connectivity index (χ1n) is 7.14. The first-order chi connectivity index (χ1) is 11.5. The number of amides is 1. The molecule has 2 aromatic rings. The van der Waals surface area contributed by atoms with E-state index in [0.29, 0.717) is 23.7 Å². The smallest absolute Gasteiger partial charge is 0.271 e. The maximum absolute atomic E-state index is 12.0. The van der Waals surface area contributed by atoms with E-state index in [0.717, 1.165) is 13.6 Å². The molecule has 0 aromatic heterocycles. The minimum atomic E-state index is -0.264. The third-order valence-electron chi connectivity index (χ3n) is 3.03. The van der Waals surface area contributed by atoms with Gasteiger partial charge in [0.2, 0.25) is 0 Å². The molecule has 0 saturated carbocycles. The topological polar surface area (TPSA) is 59.9 Å². The van der Waals surface area contributed by atoms with Crippen LogP contribution in [0.5, 0.6) is 11.5 Å². The molecule has 126 valence electrons. The molecule has 2 aromatic carbocycles. The molecule has 24 heavy (non-hydrogen) atoms. The van der Waals surface area contributed by atoms with Gasteiger partial charge in [0, 0.05) is 9.13 Å². The third-order valence-corrected chi connectivity index (χ3v) is 4.33. The van der Waals surface area contributed by atoms with Gasteiger partial charge in [0.05, 0.1) is 24.4 Å². The Morgan fingerprint density at radius 2 is 2.04 bits per heavy atom. The Hall–Kier alpha value is -1.61. The van der Waals surface area contributed by atoms with Crippen molar-refractivity contribution in [3.63, 3.8) is 0 Å². The largest absolute Gasteiger partial charge is 0.493 e. The van der Waals surface area contributed by atoms with Crippen molar-refractivity contribution in [2.24, 2.45) is 5.10 Å². The van der Waals surface area contributed by atoms with Crippen LogP contribution in [0, 0.1) is 3.57 Å². The molecule has 5 nitrogen and oxygen atoms in total. The second-order valence-corrected chi connectivity index (χ2v) is 6.77. The van der Waals surface area contributed by atoms with Crippen LogP contribution in [0.2, 0.25) is 0 Å². The number of rotatable bonds is 6. The minimum Gasteiger partial charge on any atom is -0.493 e. The third kappa shape index (κ3) is 4.94. The van der Waals surface area contributed by atoms with E-state index in [4.69, 9.17) is 9.47 Å². The van der Waals surface area contributed by atoms with E-state index in [-0.39, 0.29) is 5.91 Å². The number of hydrogen-bond donors (Lipinski definition) is 1. The SMILES string of the molecule is CCOc1c(Br)cc(/C=N\NC(=O)c2ccc(I)cc2)cc1OC.